The maximum atomic E-state index is 12.6. The van der Waals surface area contributed by atoms with Crippen molar-refractivity contribution in [2.24, 2.45) is 0 Å². The zero-order valence-electron chi connectivity index (χ0n) is 20.7. The number of nitrogens with zero attached hydrogens (tertiary/aromatic N) is 5. The third kappa shape index (κ3) is 6.77. The average molecular weight is 511 g/mol. The molecule has 13 heteroatoms. The summed E-state index contributed by atoms with van der Waals surface area (Å²) >= 11 is 0. The molecule has 13 nitrogen and oxygen atoms in total. The number of amides is 2. The van der Waals surface area contributed by atoms with Gasteiger partial charge in [0.2, 0.25) is 0 Å². The molecule has 0 bridgehead atoms. The smallest absolute Gasteiger partial charge is 0.407 e. The van der Waals surface area contributed by atoms with Gasteiger partial charge >= 0.3 is 6.09 Å². The highest BCUT2D eigenvalue weighted by Crippen LogP contribution is 2.26. The number of hydrogen-bond acceptors (Lipinski definition) is 10. The molecule has 4 rings (SSSR count). The van der Waals surface area contributed by atoms with E-state index in [0.717, 1.165) is 0 Å². The first kappa shape index (κ1) is 26.0. The van der Waals surface area contributed by atoms with E-state index >= 15 is 0 Å². The number of morpholine rings is 1. The van der Waals surface area contributed by atoms with Gasteiger partial charge < -0.3 is 30.0 Å². The molecular weight excluding hydrogens is 482 g/mol. The fourth-order valence-corrected chi connectivity index (χ4v) is 3.90. The Hall–Kier alpha value is -4.10. The van der Waals surface area contributed by atoms with Crippen molar-refractivity contribution in [3.8, 4) is 0 Å². The topological polar surface area (TPSA) is 164 Å². The van der Waals surface area contributed by atoms with E-state index in [1.54, 1.807) is 54.5 Å². The number of rotatable bonds is 7. The van der Waals surface area contributed by atoms with E-state index in [4.69, 9.17) is 9.47 Å². The van der Waals surface area contributed by atoms with Gasteiger partial charge in [0.15, 0.2) is 17.0 Å². The van der Waals surface area contributed by atoms with Crippen LogP contribution in [0.3, 0.4) is 0 Å². The highest BCUT2D eigenvalue weighted by Gasteiger charge is 2.31. The van der Waals surface area contributed by atoms with Crippen molar-refractivity contribution in [1.82, 2.24) is 29.7 Å². The molecule has 2 aromatic heterocycles. The van der Waals surface area contributed by atoms with E-state index in [1.807, 2.05) is 6.07 Å². The minimum atomic E-state index is -1.23. The normalized spacial score (nSPS) is 18.4. The second-order valence-corrected chi connectivity index (χ2v) is 9.53. The van der Waals surface area contributed by atoms with Gasteiger partial charge in [0.25, 0.3) is 5.91 Å². The lowest BCUT2D eigenvalue weighted by molar-refractivity contribution is -0.307. The summed E-state index contributed by atoms with van der Waals surface area (Å²) in [6.07, 6.45) is 0.940. The van der Waals surface area contributed by atoms with Crippen molar-refractivity contribution in [2.75, 3.05) is 31.5 Å². The molecule has 1 aliphatic rings. The quantitative estimate of drug-likeness (QED) is 0.459. The number of anilines is 1. The Morgan fingerprint density at radius 1 is 1.14 bits per heavy atom. The molecule has 1 fully saturated rings. The number of aromatic nitrogens is 4. The van der Waals surface area contributed by atoms with E-state index in [0.29, 0.717) is 16.7 Å². The van der Waals surface area contributed by atoms with E-state index in [1.165, 1.54) is 12.7 Å². The van der Waals surface area contributed by atoms with Crippen molar-refractivity contribution in [3.05, 3.63) is 48.5 Å². The highest BCUT2D eigenvalue weighted by molar-refractivity contribution is 6.06. The molecule has 0 unspecified atom stereocenters. The second kappa shape index (κ2) is 10.9. The molecule has 196 valence electrons. The number of carboxylic acid groups (broad SMARTS) is 1. The number of imidazole rings is 1. The molecule has 1 saturated heterocycles. The Bertz CT molecular complexity index is 1270. The van der Waals surface area contributed by atoms with Crippen LogP contribution in [0.4, 0.5) is 10.6 Å². The molecule has 2 N–H and O–H groups in total. The number of alkyl carbamates (subject to hydrolysis) is 1. The van der Waals surface area contributed by atoms with Crippen LogP contribution in [0.2, 0.25) is 0 Å². The lowest BCUT2D eigenvalue weighted by Gasteiger charge is -2.38. The van der Waals surface area contributed by atoms with Crippen LogP contribution in [0.25, 0.3) is 11.2 Å². The summed E-state index contributed by atoms with van der Waals surface area (Å²) in [5.74, 6) is -1.36. The van der Waals surface area contributed by atoms with Crippen LogP contribution >= 0.6 is 0 Å². The Balaban J connectivity index is 1.53. The molecule has 2 amide bonds. The highest BCUT2D eigenvalue weighted by atomic mass is 16.6. The number of hydrogen-bond donors (Lipinski definition) is 2. The van der Waals surface area contributed by atoms with E-state index in [2.05, 4.69) is 25.6 Å². The molecule has 0 saturated carbocycles. The fourth-order valence-electron chi connectivity index (χ4n) is 3.90. The molecule has 3 heterocycles. The Labute approximate surface area is 212 Å². The van der Waals surface area contributed by atoms with Crippen LogP contribution in [0, 0.1) is 0 Å². The van der Waals surface area contributed by atoms with Crippen LogP contribution in [0.5, 0.6) is 0 Å². The maximum Gasteiger partial charge on any atom is 0.407 e. The van der Waals surface area contributed by atoms with Crippen molar-refractivity contribution < 1.29 is 29.0 Å². The number of fused-ring (bicyclic) bond motifs is 1. The number of carbonyl (C=O) groups is 3. The molecule has 2 atom stereocenters. The van der Waals surface area contributed by atoms with Crippen LogP contribution in [-0.2, 0) is 14.3 Å². The molecule has 0 radical (unpaired) electrons. The van der Waals surface area contributed by atoms with Crippen molar-refractivity contribution in [2.45, 2.75) is 38.7 Å². The number of benzene rings is 1. The van der Waals surface area contributed by atoms with Crippen molar-refractivity contribution in [1.29, 1.82) is 0 Å². The summed E-state index contributed by atoms with van der Waals surface area (Å²) in [5.41, 5.74) is 0.528. The first-order valence-electron chi connectivity index (χ1n) is 11.7. The zero-order chi connectivity index (χ0) is 26.6. The second-order valence-electron chi connectivity index (χ2n) is 9.53. The first-order valence-corrected chi connectivity index (χ1v) is 11.7. The summed E-state index contributed by atoms with van der Waals surface area (Å²) in [6, 6.07) is 8.68. The van der Waals surface area contributed by atoms with Gasteiger partial charge in [-0.25, -0.2) is 19.7 Å². The average Bonchev–Trinajstić information content (AvgIpc) is 3.27. The number of carbonyl (C=O) groups excluding carboxylic acids is 3. The Kier molecular flexibility index (Phi) is 7.64. The molecule has 1 aliphatic heterocycles. The van der Waals surface area contributed by atoms with Crippen LogP contribution < -0.4 is 15.7 Å². The SMILES string of the molecule is CC(C)(C)OC(=O)NC[C@@H]1CN(CC(=O)[O-])C[C@H](n2cnc3c(NC(=O)c4ccccc4)ncnc32)O1. The lowest BCUT2D eigenvalue weighted by atomic mass is 10.2. The van der Waals surface area contributed by atoms with Gasteiger partial charge in [-0.05, 0) is 32.9 Å². The van der Waals surface area contributed by atoms with E-state index in [9.17, 15) is 19.5 Å². The van der Waals surface area contributed by atoms with Crippen molar-refractivity contribution >= 4 is 35.0 Å². The number of ether oxygens (including phenoxy) is 2. The largest absolute Gasteiger partial charge is 0.549 e. The summed E-state index contributed by atoms with van der Waals surface area (Å²) in [7, 11) is 0. The fraction of sp³-hybridized carbons (Fsp3) is 0.417. The van der Waals surface area contributed by atoms with Gasteiger partial charge in [0.1, 0.15) is 18.2 Å². The van der Waals surface area contributed by atoms with Crippen LogP contribution in [0.15, 0.2) is 43.0 Å². The molecule has 0 aliphatic carbocycles. The predicted molar refractivity (Wildman–Crippen MR) is 129 cm³/mol. The van der Waals surface area contributed by atoms with Gasteiger partial charge in [0, 0.05) is 31.7 Å². The van der Waals surface area contributed by atoms with Crippen LogP contribution in [0.1, 0.15) is 37.4 Å². The van der Waals surface area contributed by atoms with Crippen molar-refractivity contribution in [3.63, 3.8) is 0 Å². The molecule has 3 aromatic rings. The summed E-state index contributed by atoms with van der Waals surface area (Å²) in [4.78, 5) is 50.5. The first-order chi connectivity index (χ1) is 17.6. The minimum absolute atomic E-state index is 0.0922. The standard InChI is InChI=1S/C24H29N7O6/c1-24(2,3)37-23(35)25-9-16-10-30(12-18(32)33)11-17(36-16)31-14-28-19-20(26-13-27-21(19)31)29-22(34)15-7-5-4-6-8-15/h4-8,13-14,16-17H,9-12H2,1-3H3,(H,25,35)(H,32,33)(H,26,27,29,34)/p-1/t16-,17-/m1/s1. The van der Waals surface area contributed by atoms with Gasteiger partial charge in [-0.3, -0.25) is 14.3 Å². The number of carboxylic acids is 1. The molecular formula is C24H28N7O6-. The Morgan fingerprint density at radius 3 is 2.59 bits per heavy atom. The Morgan fingerprint density at radius 2 is 1.89 bits per heavy atom. The number of nitrogens with one attached hydrogen (secondary N) is 2. The van der Waals surface area contributed by atoms with Gasteiger partial charge in [-0.15, -0.1) is 0 Å². The van der Waals surface area contributed by atoms with Crippen LogP contribution in [-0.4, -0.2) is 80.3 Å². The molecule has 1 aromatic carbocycles. The minimum Gasteiger partial charge on any atom is -0.549 e. The van der Waals surface area contributed by atoms with Gasteiger partial charge in [0.05, 0.1) is 18.4 Å². The maximum absolute atomic E-state index is 12.6. The van der Waals surface area contributed by atoms with E-state index in [-0.39, 0.29) is 37.9 Å². The zero-order valence-corrected chi connectivity index (χ0v) is 20.7. The van der Waals surface area contributed by atoms with E-state index < -0.39 is 30.0 Å². The van der Waals surface area contributed by atoms with Gasteiger partial charge in [-0.1, -0.05) is 18.2 Å². The third-order valence-electron chi connectivity index (χ3n) is 5.39. The third-order valence-corrected chi connectivity index (χ3v) is 5.39. The summed E-state index contributed by atoms with van der Waals surface area (Å²) < 4.78 is 13.1. The lowest BCUT2D eigenvalue weighted by Crippen LogP contribution is -2.52. The molecule has 37 heavy (non-hydrogen) atoms. The summed E-state index contributed by atoms with van der Waals surface area (Å²) in [5, 5.41) is 16.7. The summed E-state index contributed by atoms with van der Waals surface area (Å²) in [6.45, 7) is 5.49. The number of aliphatic carboxylic acids is 1. The monoisotopic (exact) mass is 510 g/mol. The van der Waals surface area contributed by atoms with Gasteiger partial charge in [-0.2, -0.15) is 0 Å². The predicted octanol–water partition coefficient (Wildman–Crippen LogP) is 0.553. The molecule has 0 spiro atoms.